The van der Waals surface area contributed by atoms with E-state index in [-0.39, 0.29) is 0 Å². The van der Waals surface area contributed by atoms with Crippen molar-refractivity contribution in [2.75, 3.05) is 0 Å². The Balaban J connectivity index is 2.39. The van der Waals surface area contributed by atoms with Gasteiger partial charge >= 0.3 is 0 Å². The largest absolute Gasteiger partial charge is 0.374 e. The van der Waals surface area contributed by atoms with Crippen molar-refractivity contribution in [3.05, 3.63) is 0 Å². The van der Waals surface area contributed by atoms with Crippen LogP contribution in [0.25, 0.3) is 0 Å². The molecule has 2 unspecified atom stereocenters. The van der Waals surface area contributed by atoms with E-state index in [0.29, 0.717) is 17.2 Å². The Morgan fingerprint density at radius 1 is 1.38 bits per heavy atom. The van der Waals surface area contributed by atoms with Crippen molar-refractivity contribution in [1.82, 2.24) is 0 Å². The zero-order chi connectivity index (χ0) is 6.36. The molecule has 1 aliphatic heterocycles. The Morgan fingerprint density at radius 3 is 1.75 bits per heavy atom. The fourth-order valence-corrected chi connectivity index (χ4v) is 2.39. The van der Waals surface area contributed by atoms with Gasteiger partial charge in [0.25, 0.3) is 0 Å². The lowest BCUT2D eigenvalue weighted by molar-refractivity contribution is 0.264. The summed E-state index contributed by atoms with van der Waals surface area (Å²) in [6, 6.07) is 0. The van der Waals surface area contributed by atoms with E-state index in [2.05, 4.69) is 20.8 Å². The Kier molecular flexibility index (Phi) is 1.24. The topological polar surface area (TPSA) is 12.5 Å². The van der Waals surface area contributed by atoms with Gasteiger partial charge in [0, 0.05) is 10.2 Å². The van der Waals surface area contributed by atoms with E-state index < -0.39 is 0 Å². The molecule has 8 heavy (non-hydrogen) atoms. The minimum atomic E-state index is 0.395. The summed E-state index contributed by atoms with van der Waals surface area (Å²) in [5.41, 5.74) is 1.04. The molecule has 0 aromatic heterocycles. The molecular weight excluding hydrogens is 116 g/mol. The fourth-order valence-electron chi connectivity index (χ4n) is 1.09. The van der Waals surface area contributed by atoms with Crippen LogP contribution in [0.2, 0.25) is 0 Å². The van der Waals surface area contributed by atoms with E-state index in [9.17, 15) is 0 Å². The van der Waals surface area contributed by atoms with Gasteiger partial charge in [0.2, 0.25) is 0 Å². The first-order chi connectivity index (χ1) is 3.52. The van der Waals surface area contributed by atoms with E-state index in [1.54, 1.807) is 0 Å². The molecule has 1 rings (SSSR count). The highest BCUT2D eigenvalue weighted by molar-refractivity contribution is 6.13. The van der Waals surface area contributed by atoms with Gasteiger partial charge in [-0.3, -0.25) is 0 Å². The van der Waals surface area contributed by atoms with Gasteiger partial charge in [-0.1, -0.05) is 20.8 Å². The third-order valence-electron chi connectivity index (χ3n) is 1.56. The number of ether oxygens (including phenoxy) is 1. The SMILES string of the molecule is CC(C)(C)C1OC1[SiH3]. The minimum absolute atomic E-state index is 0.395. The molecule has 0 bridgehead atoms. The van der Waals surface area contributed by atoms with Gasteiger partial charge in [-0.15, -0.1) is 0 Å². The first-order valence-corrected chi connectivity index (χ1v) is 4.33. The van der Waals surface area contributed by atoms with E-state index in [4.69, 9.17) is 4.74 Å². The smallest absolute Gasteiger partial charge is 0.0845 e. The zero-order valence-electron chi connectivity index (χ0n) is 6.06. The second-order valence-corrected chi connectivity index (χ2v) is 4.77. The van der Waals surface area contributed by atoms with Crippen LogP contribution in [0.1, 0.15) is 20.8 Å². The molecule has 1 fully saturated rings. The molecule has 0 aromatic rings. The second-order valence-electron chi connectivity index (χ2n) is 3.63. The Hall–Kier alpha value is 0.177. The molecule has 0 aliphatic carbocycles. The summed E-state index contributed by atoms with van der Waals surface area (Å²) < 4.78 is 5.34. The van der Waals surface area contributed by atoms with Gasteiger partial charge in [0.1, 0.15) is 0 Å². The highest BCUT2D eigenvalue weighted by atomic mass is 28.1. The summed E-state index contributed by atoms with van der Waals surface area (Å²) in [6.45, 7) is 6.70. The molecule has 48 valence electrons. The second kappa shape index (κ2) is 1.58. The van der Waals surface area contributed by atoms with Gasteiger partial charge in [-0.2, -0.15) is 0 Å². The molecule has 1 aliphatic rings. The monoisotopic (exact) mass is 130 g/mol. The van der Waals surface area contributed by atoms with Crippen LogP contribution < -0.4 is 0 Å². The summed E-state index contributed by atoms with van der Waals surface area (Å²) in [5.74, 6) is 0. The van der Waals surface area contributed by atoms with Crippen molar-refractivity contribution in [3.8, 4) is 0 Å². The quantitative estimate of drug-likeness (QED) is 0.335. The molecule has 0 saturated carbocycles. The summed E-state index contributed by atoms with van der Waals surface area (Å²) >= 11 is 0. The molecule has 0 radical (unpaired) electrons. The van der Waals surface area contributed by atoms with Crippen molar-refractivity contribution >= 4 is 10.2 Å². The van der Waals surface area contributed by atoms with E-state index in [1.807, 2.05) is 0 Å². The van der Waals surface area contributed by atoms with Crippen LogP contribution in [0.15, 0.2) is 0 Å². The fraction of sp³-hybridized carbons (Fsp3) is 1.00. The number of rotatable bonds is 0. The van der Waals surface area contributed by atoms with Crippen molar-refractivity contribution < 1.29 is 4.74 Å². The number of hydrogen-bond donors (Lipinski definition) is 0. The van der Waals surface area contributed by atoms with Crippen LogP contribution in [-0.4, -0.2) is 22.1 Å². The molecule has 2 atom stereocenters. The lowest BCUT2D eigenvalue weighted by atomic mass is 9.93. The predicted octanol–water partition coefficient (Wildman–Crippen LogP) is 0.123. The van der Waals surface area contributed by atoms with Crippen LogP contribution in [0.5, 0.6) is 0 Å². The van der Waals surface area contributed by atoms with E-state index in [0.717, 1.165) is 0 Å². The molecule has 2 heteroatoms. The van der Waals surface area contributed by atoms with Crippen LogP contribution in [0.3, 0.4) is 0 Å². The average molecular weight is 130 g/mol. The number of hydrogen-bond acceptors (Lipinski definition) is 1. The lowest BCUT2D eigenvalue weighted by Gasteiger charge is -2.13. The summed E-state index contributed by atoms with van der Waals surface area (Å²) in [5, 5.41) is 0. The Labute approximate surface area is 53.8 Å². The van der Waals surface area contributed by atoms with Crippen LogP contribution in [0.4, 0.5) is 0 Å². The summed E-state index contributed by atoms with van der Waals surface area (Å²) in [7, 11) is 1.20. The molecule has 0 spiro atoms. The third kappa shape index (κ3) is 1.12. The van der Waals surface area contributed by atoms with Gasteiger partial charge in [0.15, 0.2) is 0 Å². The minimum Gasteiger partial charge on any atom is -0.374 e. The maximum Gasteiger partial charge on any atom is 0.0845 e. The van der Waals surface area contributed by atoms with Crippen LogP contribution in [-0.2, 0) is 4.74 Å². The lowest BCUT2D eigenvalue weighted by Crippen LogP contribution is -2.15. The van der Waals surface area contributed by atoms with Gasteiger partial charge in [-0.05, 0) is 5.41 Å². The molecule has 0 aromatic carbocycles. The molecule has 0 amide bonds. The van der Waals surface area contributed by atoms with Gasteiger partial charge in [-0.25, -0.2) is 0 Å². The van der Waals surface area contributed by atoms with E-state index in [1.165, 1.54) is 10.2 Å². The molecule has 1 nitrogen and oxygen atoms in total. The first-order valence-electron chi connectivity index (χ1n) is 3.17. The van der Waals surface area contributed by atoms with Gasteiger partial charge < -0.3 is 4.74 Å². The van der Waals surface area contributed by atoms with Gasteiger partial charge in [0.05, 0.1) is 11.8 Å². The molecule has 0 N–H and O–H groups in total. The molecule has 1 heterocycles. The van der Waals surface area contributed by atoms with Crippen molar-refractivity contribution in [2.24, 2.45) is 5.41 Å². The number of epoxide rings is 1. The van der Waals surface area contributed by atoms with Crippen LogP contribution >= 0.6 is 0 Å². The Morgan fingerprint density at radius 2 is 1.75 bits per heavy atom. The zero-order valence-corrected chi connectivity index (χ0v) is 8.06. The maximum absolute atomic E-state index is 5.34. The van der Waals surface area contributed by atoms with Crippen molar-refractivity contribution in [1.29, 1.82) is 0 Å². The predicted molar refractivity (Wildman–Crippen MR) is 38.1 cm³/mol. The Bertz CT molecular complexity index is 95.2. The highest BCUT2D eigenvalue weighted by Crippen LogP contribution is 2.35. The standard InChI is InChI=1S/C6H14OSi/c1-6(2,3)4-5(8)7-4/h4-5H,1-3,8H3. The maximum atomic E-state index is 5.34. The molecular formula is C6H14OSi. The van der Waals surface area contributed by atoms with E-state index >= 15 is 0 Å². The normalized spacial score (nSPS) is 37.9. The first kappa shape index (κ1) is 6.30. The average Bonchev–Trinajstić information content (AvgIpc) is 2.13. The summed E-state index contributed by atoms with van der Waals surface area (Å²) in [6.07, 6.45) is 0.578. The molecule has 1 saturated heterocycles. The summed E-state index contributed by atoms with van der Waals surface area (Å²) in [4.78, 5) is 0. The highest BCUT2D eigenvalue weighted by Gasteiger charge is 2.43. The van der Waals surface area contributed by atoms with Crippen LogP contribution in [0, 0.1) is 5.41 Å². The van der Waals surface area contributed by atoms with Crippen molar-refractivity contribution in [2.45, 2.75) is 32.6 Å². The third-order valence-corrected chi connectivity index (χ3v) is 2.44. The van der Waals surface area contributed by atoms with Crippen molar-refractivity contribution in [3.63, 3.8) is 0 Å².